The minimum Gasteiger partial charge on any atom is -0.384 e. The molecule has 0 radical (unpaired) electrons. The number of para-hydroxylation sites is 1. The lowest BCUT2D eigenvalue weighted by molar-refractivity contribution is 0.411. The van der Waals surface area contributed by atoms with Gasteiger partial charge in [-0.25, -0.2) is 4.98 Å². The Labute approximate surface area is 126 Å². The predicted molar refractivity (Wildman–Crippen MR) is 86.4 cm³/mol. The fourth-order valence-corrected chi connectivity index (χ4v) is 3.56. The number of rotatable bonds is 4. The third-order valence-corrected chi connectivity index (χ3v) is 5.28. The Balaban J connectivity index is 1.73. The average Bonchev–Trinajstić information content (AvgIpc) is 3.16. The predicted octanol–water partition coefficient (Wildman–Crippen LogP) is 4.10. The Morgan fingerprint density at radius 2 is 2.24 bits per heavy atom. The largest absolute Gasteiger partial charge is 0.384 e. The van der Waals surface area contributed by atoms with Crippen LogP contribution in [0.25, 0.3) is 11.3 Å². The van der Waals surface area contributed by atoms with Gasteiger partial charge in [-0.2, -0.15) is 0 Å². The summed E-state index contributed by atoms with van der Waals surface area (Å²) in [6, 6.07) is 6.67. The fourth-order valence-electron chi connectivity index (χ4n) is 3.56. The highest BCUT2D eigenvalue weighted by atomic mass is 15.1. The normalized spacial score (nSPS) is 18.9. The lowest BCUT2D eigenvalue weighted by Gasteiger charge is -2.22. The van der Waals surface area contributed by atoms with Crippen molar-refractivity contribution in [2.75, 3.05) is 11.9 Å². The van der Waals surface area contributed by atoms with Gasteiger partial charge in [0.2, 0.25) is 0 Å². The van der Waals surface area contributed by atoms with E-state index in [1.165, 1.54) is 54.6 Å². The van der Waals surface area contributed by atoms with Crippen LogP contribution in [0.15, 0.2) is 30.7 Å². The van der Waals surface area contributed by atoms with Crippen LogP contribution in [0.2, 0.25) is 0 Å². The molecule has 1 aliphatic heterocycles. The van der Waals surface area contributed by atoms with Crippen molar-refractivity contribution in [2.24, 2.45) is 5.41 Å². The number of benzene rings is 1. The summed E-state index contributed by atoms with van der Waals surface area (Å²) in [5.74, 6) is 0. The molecule has 3 nitrogen and oxygen atoms in total. The smallest absolute Gasteiger partial charge is 0.0951 e. The lowest BCUT2D eigenvalue weighted by Crippen LogP contribution is -2.14. The number of aromatic nitrogens is 2. The molecule has 1 aliphatic carbocycles. The van der Waals surface area contributed by atoms with E-state index in [0.29, 0.717) is 5.41 Å². The molecule has 4 rings (SSSR count). The Hall–Kier alpha value is -1.77. The van der Waals surface area contributed by atoms with Crippen molar-refractivity contribution < 1.29 is 0 Å². The highest BCUT2D eigenvalue weighted by Gasteiger charge is 2.41. The number of hydrogen-bond acceptors (Lipinski definition) is 2. The van der Waals surface area contributed by atoms with Gasteiger partial charge in [-0.1, -0.05) is 25.1 Å². The number of nitrogens with zero attached hydrogens (tertiary/aromatic N) is 2. The Bertz CT molecular complexity index is 652. The van der Waals surface area contributed by atoms with E-state index in [1.54, 1.807) is 0 Å². The van der Waals surface area contributed by atoms with E-state index >= 15 is 0 Å². The van der Waals surface area contributed by atoms with E-state index in [-0.39, 0.29) is 0 Å². The van der Waals surface area contributed by atoms with Crippen molar-refractivity contribution in [2.45, 2.75) is 45.6 Å². The average molecular weight is 281 g/mol. The molecule has 0 unspecified atom stereocenters. The SMILES string of the molecule is CCC1(Cn2cncc2-c2cccc3c2NCCC3)CC1. The number of fused-ring (bicyclic) bond motifs is 1. The van der Waals surface area contributed by atoms with Crippen LogP contribution in [0.3, 0.4) is 0 Å². The molecule has 2 aromatic rings. The van der Waals surface area contributed by atoms with Crippen LogP contribution in [0.1, 0.15) is 38.2 Å². The molecule has 3 heteroatoms. The third-order valence-electron chi connectivity index (χ3n) is 5.28. The molecular weight excluding hydrogens is 258 g/mol. The molecule has 2 heterocycles. The molecule has 110 valence electrons. The summed E-state index contributed by atoms with van der Waals surface area (Å²) >= 11 is 0. The minimum atomic E-state index is 0.539. The standard InChI is InChI=1S/C18H23N3/c1-2-18(8-9-18)12-21-13-19-11-16(21)15-7-3-5-14-6-4-10-20-17(14)15/h3,5,7,11,13,20H,2,4,6,8-10,12H2,1H3. The van der Waals surface area contributed by atoms with Gasteiger partial charge in [0.05, 0.1) is 18.2 Å². The summed E-state index contributed by atoms with van der Waals surface area (Å²) in [7, 11) is 0. The zero-order chi connectivity index (χ0) is 14.3. The van der Waals surface area contributed by atoms with E-state index in [0.717, 1.165) is 13.1 Å². The van der Waals surface area contributed by atoms with Crippen molar-refractivity contribution in [1.29, 1.82) is 0 Å². The summed E-state index contributed by atoms with van der Waals surface area (Å²) in [5.41, 5.74) is 5.89. The topological polar surface area (TPSA) is 29.9 Å². The second-order valence-electron chi connectivity index (χ2n) is 6.63. The maximum Gasteiger partial charge on any atom is 0.0951 e. The van der Waals surface area contributed by atoms with Gasteiger partial charge in [-0.05, 0) is 43.1 Å². The first kappa shape index (κ1) is 12.9. The molecule has 1 fully saturated rings. The van der Waals surface area contributed by atoms with Gasteiger partial charge < -0.3 is 9.88 Å². The molecule has 0 amide bonds. The molecule has 0 saturated heterocycles. The number of anilines is 1. The highest BCUT2D eigenvalue weighted by Crippen LogP contribution is 2.50. The second kappa shape index (κ2) is 4.90. The van der Waals surface area contributed by atoms with E-state index in [2.05, 4.69) is 40.0 Å². The van der Waals surface area contributed by atoms with Crippen molar-refractivity contribution in [3.05, 3.63) is 36.3 Å². The fraction of sp³-hybridized carbons (Fsp3) is 0.500. The quantitative estimate of drug-likeness (QED) is 0.914. The molecule has 1 saturated carbocycles. The van der Waals surface area contributed by atoms with E-state index in [9.17, 15) is 0 Å². The summed E-state index contributed by atoms with van der Waals surface area (Å²) in [4.78, 5) is 4.43. The number of imidazole rings is 1. The third kappa shape index (κ3) is 2.25. The first-order chi connectivity index (χ1) is 10.3. The Morgan fingerprint density at radius 3 is 3.05 bits per heavy atom. The van der Waals surface area contributed by atoms with Gasteiger partial charge in [-0.3, -0.25) is 0 Å². The van der Waals surface area contributed by atoms with Crippen molar-refractivity contribution in [3.63, 3.8) is 0 Å². The van der Waals surface area contributed by atoms with Crippen molar-refractivity contribution in [1.82, 2.24) is 9.55 Å². The summed E-state index contributed by atoms with van der Waals surface area (Å²) < 4.78 is 2.36. The summed E-state index contributed by atoms with van der Waals surface area (Å²) in [5, 5.41) is 3.60. The molecule has 0 bridgehead atoms. The molecule has 1 aromatic carbocycles. The molecule has 21 heavy (non-hydrogen) atoms. The van der Waals surface area contributed by atoms with Crippen LogP contribution in [0.4, 0.5) is 5.69 Å². The zero-order valence-corrected chi connectivity index (χ0v) is 12.7. The van der Waals surface area contributed by atoms with E-state index < -0.39 is 0 Å². The van der Waals surface area contributed by atoms with Crippen molar-refractivity contribution in [3.8, 4) is 11.3 Å². The number of aryl methyl sites for hydroxylation is 1. The van der Waals surface area contributed by atoms with Crippen LogP contribution in [0.5, 0.6) is 0 Å². The van der Waals surface area contributed by atoms with Crippen LogP contribution in [0, 0.1) is 5.41 Å². The highest BCUT2D eigenvalue weighted by molar-refractivity contribution is 5.79. The first-order valence-corrected chi connectivity index (χ1v) is 8.18. The Kier molecular flexibility index (Phi) is 3.02. The molecule has 2 aliphatic rings. The van der Waals surface area contributed by atoms with Gasteiger partial charge in [0, 0.05) is 24.3 Å². The van der Waals surface area contributed by atoms with E-state index in [4.69, 9.17) is 0 Å². The molecule has 1 aromatic heterocycles. The minimum absolute atomic E-state index is 0.539. The second-order valence-corrected chi connectivity index (χ2v) is 6.63. The zero-order valence-electron chi connectivity index (χ0n) is 12.7. The summed E-state index contributed by atoms with van der Waals surface area (Å²) in [6.07, 6.45) is 10.5. The molecule has 0 atom stereocenters. The van der Waals surface area contributed by atoms with Crippen LogP contribution >= 0.6 is 0 Å². The molecule has 0 spiro atoms. The van der Waals surface area contributed by atoms with Crippen LogP contribution in [-0.2, 0) is 13.0 Å². The van der Waals surface area contributed by atoms with Gasteiger partial charge in [0.15, 0.2) is 0 Å². The van der Waals surface area contributed by atoms with Gasteiger partial charge >= 0.3 is 0 Å². The first-order valence-electron chi connectivity index (χ1n) is 8.18. The summed E-state index contributed by atoms with van der Waals surface area (Å²) in [6.45, 7) is 4.51. The Morgan fingerprint density at radius 1 is 1.33 bits per heavy atom. The number of hydrogen-bond donors (Lipinski definition) is 1. The van der Waals surface area contributed by atoms with Crippen LogP contribution < -0.4 is 5.32 Å². The molecule has 1 N–H and O–H groups in total. The van der Waals surface area contributed by atoms with Crippen molar-refractivity contribution >= 4 is 5.69 Å². The van der Waals surface area contributed by atoms with Crippen LogP contribution in [-0.4, -0.2) is 16.1 Å². The van der Waals surface area contributed by atoms with Gasteiger partial charge in [0.25, 0.3) is 0 Å². The maximum absolute atomic E-state index is 4.43. The van der Waals surface area contributed by atoms with Gasteiger partial charge in [0.1, 0.15) is 0 Å². The number of nitrogens with one attached hydrogen (secondary N) is 1. The lowest BCUT2D eigenvalue weighted by atomic mass is 9.97. The van der Waals surface area contributed by atoms with Gasteiger partial charge in [-0.15, -0.1) is 0 Å². The monoisotopic (exact) mass is 281 g/mol. The molecular formula is C18H23N3. The maximum atomic E-state index is 4.43. The van der Waals surface area contributed by atoms with E-state index in [1.807, 2.05) is 12.5 Å².